The lowest BCUT2D eigenvalue weighted by molar-refractivity contribution is -0.147. The minimum atomic E-state index is -0.284. The number of methoxy groups -OCH3 is 1. The van der Waals surface area contributed by atoms with Gasteiger partial charge < -0.3 is 14.4 Å². The van der Waals surface area contributed by atoms with E-state index in [1.807, 2.05) is 0 Å². The van der Waals surface area contributed by atoms with Crippen LogP contribution in [-0.2, 0) is 19.1 Å². The summed E-state index contributed by atoms with van der Waals surface area (Å²) in [7, 11) is 3.09. The molecular formula is C12H21NO4. The van der Waals surface area contributed by atoms with E-state index in [4.69, 9.17) is 4.74 Å². The summed E-state index contributed by atoms with van der Waals surface area (Å²) in [4.78, 5) is 25.0. The third-order valence-electron chi connectivity index (χ3n) is 3.10. The molecular weight excluding hydrogens is 222 g/mol. The van der Waals surface area contributed by atoms with E-state index < -0.39 is 0 Å². The Morgan fingerprint density at radius 2 is 2.00 bits per heavy atom. The van der Waals surface area contributed by atoms with E-state index in [0.29, 0.717) is 19.8 Å². The second-order valence-electron chi connectivity index (χ2n) is 4.53. The van der Waals surface area contributed by atoms with Crippen LogP contribution in [0.25, 0.3) is 0 Å². The first kappa shape index (κ1) is 14.0. The van der Waals surface area contributed by atoms with Gasteiger partial charge in [-0.3, -0.25) is 9.59 Å². The first-order valence-electron chi connectivity index (χ1n) is 5.96. The number of esters is 1. The highest BCUT2D eigenvalue weighted by Crippen LogP contribution is 2.17. The van der Waals surface area contributed by atoms with Crippen molar-refractivity contribution < 1.29 is 19.1 Å². The monoisotopic (exact) mass is 243 g/mol. The summed E-state index contributed by atoms with van der Waals surface area (Å²) in [6.07, 6.45) is 1.55. The number of rotatable bonds is 4. The summed E-state index contributed by atoms with van der Waals surface area (Å²) in [5.74, 6) is -0.423. The van der Waals surface area contributed by atoms with Crippen molar-refractivity contribution in [2.75, 3.05) is 33.9 Å². The summed E-state index contributed by atoms with van der Waals surface area (Å²) >= 11 is 0. The molecule has 0 saturated carbocycles. The summed E-state index contributed by atoms with van der Waals surface area (Å²) in [5, 5.41) is 0. The van der Waals surface area contributed by atoms with E-state index in [0.717, 1.165) is 12.8 Å². The van der Waals surface area contributed by atoms with E-state index in [2.05, 4.69) is 4.74 Å². The van der Waals surface area contributed by atoms with Crippen LogP contribution in [-0.4, -0.2) is 50.7 Å². The Morgan fingerprint density at radius 1 is 1.41 bits per heavy atom. The highest BCUT2D eigenvalue weighted by atomic mass is 16.5. The highest BCUT2D eigenvalue weighted by molar-refractivity contribution is 5.79. The van der Waals surface area contributed by atoms with Crippen LogP contribution in [0.3, 0.4) is 0 Å². The topological polar surface area (TPSA) is 55.8 Å². The number of carbonyl (C=O) groups excluding carboxylic acids is 2. The molecule has 1 saturated heterocycles. The number of nitrogens with zero attached hydrogens (tertiary/aromatic N) is 1. The molecule has 0 N–H and O–H groups in total. The van der Waals surface area contributed by atoms with Crippen molar-refractivity contribution in [3.05, 3.63) is 0 Å². The highest BCUT2D eigenvalue weighted by Gasteiger charge is 2.26. The van der Waals surface area contributed by atoms with E-state index in [1.165, 1.54) is 7.11 Å². The van der Waals surface area contributed by atoms with Crippen LogP contribution in [0.2, 0.25) is 0 Å². The molecule has 1 atom stereocenters. The third kappa shape index (κ3) is 4.00. The second kappa shape index (κ2) is 6.59. The normalized spacial score (nSPS) is 18.5. The molecule has 98 valence electrons. The van der Waals surface area contributed by atoms with Gasteiger partial charge in [0.25, 0.3) is 0 Å². The van der Waals surface area contributed by atoms with Gasteiger partial charge in [0.2, 0.25) is 5.91 Å². The largest absolute Gasteiger partial charge is 0.469 e. The van der Waals surface area contributed by atoms with Gasteiger partial charge >= 0.3 is 5.97 Å². The minimum Gasteiger partial charge on any atom is -0.469 e. The summed E-state index contributed by atoms with van der Waals surface area (Å²) in [5.41, 5.74) is 0. The van der Waals surface area contributed by atoms with E-state index in [1.54, 1.807) is 18.9 Å². The van der Waals surface area contributed by atoms with Crippen molar-refractivity contribution in [3.63, 3.8) is 0 Å². The van der Waals surface area contributed by atoms with Gasteiger partial charge in [0.15, 0.2) is 0 Å². The van der Waals surface area contributed by atoms with Gasteiger partial charge in [0.05, 0.1) is 13.0 Å². The molecule has 0 bridgehead atoms. The van der Waals surface area contributed by atoms with Gasteiger partial charge in [0, 0.05) is 32.7 Å². The van der Waals surface area contributed by atoms with Gasteiger partial charge in [-0.15, -0.1) is 0 Å². The SMILES string of the molecule is COC(=O)[C@@H](C)CN(C)C(=O)C1CCOCC1. The zero-order valence-corrected chi connectivity index (χ0v) is 10.8. The predicted molar refractivity (Wildman–Crippen MR) is 62.4 cm³/mol. The lowest BCUT2D eigenvalue weighted by Gasteiger charge is -2.27. The third-order valence-corrected chi connectivity index (χ3v) is 3.10. The zero-order chi connectivity index (χ0) is 12.8. The zero-order valence-electron chi connectivity index (χ0n) is 10.8. The quantitative estimate of drug-likeness (QED) is 0.681. The van der Waals surface area contributed by atoms with Crippen molar-refractivity contribution >= 4 is 11.9 Å². The molecule has 0 radical (unpaired) electrons. The van der Waals surface area contributed by atoms with E-state index in [9.17, 15) is 9.59 Å². The fraction of sp³-hybridized carbons (Fsp3) is 0.833. The van der Waals surface area contributed by atoms with Crippen molar-refractivity contribution in [3.8, 4) is 0 Å². The Labute approximate surface area is 102 Å². The van der Waals surface area contributed by atoms with Crippen molar-refractivity contribution in [2.45, 2.75) is 19.8 Å². The Morgan fingerprint density at radius 3 is 2.53 bits per heavy atom. The minimum absolute atomic E-state index is 0.0404. The number of hydrogen-bond acceptors (Lipinski definition) is 4. The van der Waals surface area contributed by atoms with Crippen LogP contribution >= 0.6 is 0 Å². The maximum atomic E-state index is 12.1. The summed E-state index contributed by atoms with van der Waals surface area (Å²) in [6.45, 7) is 3.47. The lowest BCUT2D eigenvalue weighted by atomic mass is 9.98. The average molecular weight is 243 g/mol. The smallest absolute Gasteiger partial charge is 0.310 e. The van der Waals surface area contributed by atoms with Gasteiger partial charge in [-0.1, -0.05) is 6.92 Å². The Bertz CT molecular complexity index is 274. The molecule has 0 aromatic carbocycles. The number of hydrogen-bond donors (Lipinski definition) is 0. The molecule has 0 spiro atoms. The molecule has 1 heterocycles. The molecule has 1 rings (SSSR count). The summed E-state index contributed by atoms with van der Waals surface area (Å²) in [6, 6.07) is 0. The fourth-order valence-electron chi connectivity index (χ4n) is 2.03. The molecule has 0 aromatic heterocycles. The van der Waals surface area contributed by atoms with Crippen LogP contribution in [0.5, 0.6) is 0 Å². The Hall–Kier alpha value is -1.10. The van der Waals surface area contributed by atoms with Gasteiger partial charge in [-0.25, -0.2) is 0 Å². The maximum Gasteiger partial charge on any atom is 0.310 e. The van der Waals surface area contributed by atoms with Crippen molar-refractivity contribution in [1.29, 1.82) is 0 Å². The van der Waals surface area contributed by atoms with Gasteiger partial charge in [0.1, 0.15) is 0 Å². The number of carbonyl (C=O) groups is 2. The van der Waals surface area contributed by atoms with E-state index >= 15 is 0 Å². The van der Waals surface area contributed by atoms with Crippen LogP contribution in [0.4, 0.5) is 0 Å². The molecule has 5 heteroatoms. The Kier molecular flexibility index (Phi) is 5.41. The molecule has 1 fully saturated rings. The predicted octanol–water partition coefficient (Wildman–Crippen LogP) is 0.680. The summed E-state index contributed by atoms with van der Waals surface area (Å²) < 4.78 is 9.86. The molecule has 1 amide bonds. The fourth-order valence-corrected chi connectivity index (χ4v) is 2.03. The number of ether oxygens (including phenoxy) is 2. The van der Waals surface area contributed by atoms with Crippen molar-refractivity contribution in [1.82, 2.24) is 4.90 Å². The first-order chi connectivity index (χ1) is 8.06. The molecule has 0 aliphatic carbocycles. The molecule has 5 nitrogen and oxygen atoms in total. The molecule has 0 aromatic rings. The standard InChI is InChI=1S/C12H21NO4/c1-9(12(15)16-3)8-13(2)11(14)10-4-6-17-7-5-10/h9-10H,4-8H2,1-3H3/t9-/m0/s1. The number of amides is 1. The lowest BCUT2D eigenvalue weighted by Crippen LogP contribution is -2.39. The van der Waals surface area contributed by atoms with Crippen LogP contribution in [0, 0.1) is 11.8 Å². The van der Waals surface area contributed by atoms with Gasteiger partial charge in [-0.2, -0.15) is 0 Å². The molecule has 1 aliphatic rings. The molecule has 0 unspecified atom stereocenters. The first-order valence-corrected chi connectivity index (χ1v) is 5.96. The molecule has 1 aliphatic heterocycles. The van der Waals surface area contributed by atoms with Crippen LogP contribution in [0.15, 0.2) is 0 Å². The maximum absolute atomic E-state index is 12.1. The Balaban J connectivity index is 2.43. The molecule has 17 heavy (non-hydrogen) atoms. The van der Waals surface area contributed by atoms with Crippen LogP contribution in [0.1, 0.15) is 19.8 Å². The van der Waals surface area contributed by atoms with Crippen LogP contribution < -0.4 is 0 Å². The van der Waals surface area contributed by atoms with Crippen molar-refractivity contribution in [2.24, 2.45) is 11.8 Å². The average Bonchev–Trinajstić information content (AvgIpc) is 2.37. The van der Waals surface area contributed by atoms with Gasteiger partial charge in [-0.05, 0) is 12.8 Å². The second-order valence-corrected chi connectivity index (χ2v) is 4.53. The van der Waals surface area contributed by atoms with E-state index in [-0.39, 0.29) is 23.7 Å².